The maximum absolute atomic E-state index is 13.0. The summed E-state index contributed by atoms with van der Waals surface area (Å²) in [6.07, 6.45) is -4.86. The third kappa shape index (κ3) is 6.74. The zero-order valence-corrected chi connectivity index (χ0v) is 23.5. The van der Waals surface area contributed by atoms with Crippen LogP contribution in [-0.2, 0) is 14.3 Å². The van der Waals surface area contributed by atoms with Crippen LogP contribution >= 0.6 is 0 Å². The molecule has 0 radical (unpaired) electrons. The van der Waals surface area contributed by atoms with Gasteiger partial charge < -0.3 is 49.6 Å². The highest BCUT2D eigenvalue weighted by atomic mass is 16.6. The number of aliphatic hydroxyl groups excluding tert-OH is 3. The van der Waals surface area contributed by atoms with Gasteiger partial charge in [0.15, 0.2) is 5.43 Å². The summed E-state index contributed by atoms with van der Waals surface area (Å²) in [5, 5.41) is 72.8. The Morgan fingerprint density at radius 3 is 2.40 bits per heavy atom. The molecule has 1 aliphatic heterocycles. The number of rotatable bonds is 9. The number of aromatic hydroxyl groups is 3. The molecule has 0 aliphatic carbocycles. The van der Waals surface area contributed by atoms with E-state index in [0.717, 1.165) is 12.1 Å². The van der Waals surface area contributed by atoms with E-state index in [2.05, 4.69) is 6.58 Å². The molecule has 1 saturated heterocycles. The van der Waals surface area contributed by atoms with Crippen molar-refractivity contribution in [3.05, 3.63) is 76.5 Å². The summed E-state index contributed by atoms with van der Waals surface area (Å²) in [6.45, 7) is 6.05. The number of hydrogen-bond acceptors (Lipinski definition) is 12. The molecule has 1 aromatic heterocycles. The summed E-state index contributed by atoms with van der Waals surface area (Å²) < 4.78 is 16.7. The third-order valence-electron chi connectivity index (χ3n) is 7.40. The lowest BCUT2D eigenvalue weighted by atomic mass is 9.89. The number of phenolic OH excluding ortho intramolecular Hbond substituents is 3. The number of hydrogen-bond donors (Lipinski definition) is 7. The minimum atomic E-state index is -1.86. The summed E-state index contributed by atoms with van der Waals surface area (Å²) in [6, 6.07) is 7.92. The lowest BCUT2D eigenvalue weighted by molar-refractivity contribution is -0.234. The first-order valence-electron chi connectivity index (χ1n) is 13.5. The van der Waals surface area contributed by atoms with Crippen LogP contribution < -0.4 is 5.43 Å². The Morgan fingerprint density at radius 1 is 1.07 bits per heavy atom. The molecule has 0 saturated carbocycles. The average molecular weight is 599 g/mol. The summed E-state index contributed by atoms with van der Waals surface area (Å²) in [7, 11) is 0. The number of phenols is 3. The van der Waals surface area contributed by atoms with Gasteiger partial charge in [-0.25, -0.2) is 4.79 Å². The van der Waals surface area contributed by atoms with Crippen molar-refractivity contribution in [2.24, 2.45) is 0 Å². The van der Waals surface area contributed by atoms with Crippen LogP contribution in [0.2, 0.25) is 0 Å². The number of allylic oxidation sites excluding steroid dienone is 1. The van der Waals surface area contributed by atoms with Gasteiger partial charge in [0, 0.05) is 23.3 Å². The summed E-state index contributed by atoms with van der Waals surface area (Å²) >= 11 is 0. The van der Waals surface area contributed by atoms with E-state index >= 15 is 0 Å². The predicted molar refractivity (Wildman–Crippen MR) is 153 cm³/mol. The Morgan fingerprint density at radius 2 is 1.74 bits per heavy atom. The topological polar surface area (TPSA) is 207 Å². The van der Waals surface area contributed by atoms with E-state index in [4.69, 9.17) is 13.9 Å². The van der Waals surface area contributed by atoms with Gasteiger partial charge in [0.1, 0.15) is 71.1 Å². The molecule has 4 rings (SSSR count). The highest BCUT2D eigenvalue weighted by molar-refractivity contribution is 5.88. The first kappa shape index (κ1) is 31.7. The number of ether oxygens (including phenoxy) is 2. The molecule has 3 aromatic rings. The second kappa shape index (κ2) is 12.6. The van der Waals surface area contributed by atoms with E-state index in [1.807, 2.05) is 0 Å². The Balaban J connectivity index is 1.58. The Kier molecular flexibility index (Phi) is 9.28. The van der Waals surface area contributed by atoms with Gasteiger partial charge in [-0.05, 0) is 51.0 Å². The Hall–Kier alpha value is -4.20. The van der Waals surface area contributed by atoms with Crippen molar-refractivity contribution in [3.8, 4) is 28.6 Å². The Labute approximate surface area is 246 Å². The monoisotopic (exact) mass is 598 g/mol. The molecular weight excluding hydrogens is 564 g/mol. The maximum atomic E-state index is 13.0. The fraction of sp³-hybridized carbons (Fsp3) is 0.355. The predicted octanol–water partition coefficient (Wildman–Crippen LogP) is 2.31. The van der Waals surface area contributed by atoms with E-state index in [1.54, 1.807) is 13.0 Å². The molecule has 6 atom stereocenters. The van der Waals surface area contributed by atoms with Crippen molar-refractivity contribution < 1.29 is 54.4 Å². The third-order valence-corrected chi connectivity index (χ3v) is 7.40. The molecule has 0 spiro atoms. The van der Waals surface area contributed by atoms with Gasteiger partial charge in [-0.2, -0.15) is 0 Å². The summed E-state index contributed by atoms with van der Waals surface area (Å²) in [5.74, 6) is -2.09. The van der Waals surface area contributed by atoms with Gasteiger partial charge in [-0.3, -0.25) is 4.79 Å². The first-order chi connectivity index (χ1) is 20.2. The van der Waals surface area contributed by atoms with Gasteiger partial charge in [0.2, 0.25) is 0 Å². The second-order valence-electron chi connectivity index (χ2n) is 10.7. The largest absolute Gasteiger partial charge is 0.508 e. The summed E-state index contributed by atoms with van der Waals surface area (Å²) in [5.41, 5.74) is -1.79. The fourth-order valence-corrected chi connectivity index (χ4v) is 4.72. The molecule has 0 amide bonds. The molecule has 6 unspecified atom stereocenters. The number of carbonyl (C=O) groups excluding carboxylic acids is 1. The van der Waals surface area contributed by atoms with Gasteiger partial charge in [0.25, 0.3) is 0 Å². The zero-order chi connectivity index (χ0) is 31.6. The van der Waals surface area contributed by atoms with Crippen molar-refractivity contribution >= 4 is 16.9 Å². The number of carbonyl (C=O) groups is 1. The Bertz CT molecular complexity index is 1590. The molecule has 230 valence electrons. The lowest BCUT2D eigenvalue weighted by Gasteiger charge is -2.40. The molecule has 2 heterocycles. The SMILES string of the molecule is C=CC(C)(O)CC/C=C(\C)C(=O)OCC1OC(c2c(O)cc3oc(-c4ccc(O)cc4)cc(=O)c3c2O)C(O)C(O)C1O. The van der Waals surface area contributed by atoms with E-state index in [0.29, 0.717) is 18.4 Å². The minimum Gasteiger partial charge on any atom is -0.508 e. The van der Waals surface area contributed by atoms with E-state index in [9.17, 15) is 45.3 Å². The average Bonchev–Trinajstić information content (AvgIpc) is 2.96. The highest BCUT2D eigenvalue weighted by Crippen LogP contribution is 2.44. The molecular formula is C31H34O12. The fourth-order valence-electron chi connectivity index (χ4n) is 4.72. The minimum absolute atomic E-state index is 0.000664. The van der Waals surface area contributed by atoms with Gasteiger partial charge in [-0.1, -0.05) is 12.2 Å². The first-order valence-corrected chi connectivity index (χ1v) is 13.5. The number of fused-ring (bicyclic) bond motifs is 1. The van der Waals surface area contributed by atoms with E-state index in [-0.39, 0.29) is 28.1 Å². The van der Waals surface area contributed by atoms with Gasteiger partial charge in [0.05, 0.1) is 11.2 Å². The zero-order valence-electron chi connectivity index (χ0n) is 23.5. The normalized spacial score (nSPS) is 24.0. The molecule has 1 fully saturated rings. The standard InChI is InChI=1S/C31H34O12/c1-4-31(3,40)11-5-6-15(2)30(39)41-14-22-25(35)27(37)28(38)29(43-22)24-19(34)13-21-23(26(24)36)18(33)12-20(42-21)16-7-9-17(32)10-8-16/h4,6-10,12-13,22,25,27-29,32,34-38,40H,1,5,11,14H2,2-3H3/b15-6+. The van der Waals surface area contributed by atoms with Crippen molar-refractivity contribution in [1.29, 1.82) is 0 Å². The lowest BCUT2D eigenvalue weighted by Crippen LogP contribution is -2.55. The van der Waals surface area contributed by atoms with E-state index in [1.165, 1.54) is 37.3 Å². The molecule has 12 nitrogen and oxygen atoms in total. The van der Waals surface area contributed by atoms with Crippen molar-refractivity contribution in [3.63, 3.8) is 0 Å². The summed E-state index contributed by atoms with van der Waals surface area (Å²) in [4.78, 5) is 25.5. The molecule has 12 heteroatoms. The van der Waals surface area contributed by atoms with Crippen LogP contribution in [0.15, 0.2) is 69.9 Å². The number of esters is 1. The molecule has 7 N–H and O–H groups in total. The number of benzene rings is 2. The second-order valence-corrected chi connectivity index (χ2v) is 10.7. The number of aliphatic hydroxyl groups is 4. The molecule has 1 aliphatic rings. The van der Waals surface area contributed by atoms with Crippen LogP contribution in [0.4, 0.5) is 0 Å². The van der Waals surface area contributed by atoms with Crippen LogP contribution in [0.5, 0.6) is 17.2 Å². The van der Waals surface area contributed by atoms with Crippen LogP contribution in [0, 0.1) is 0 Å². The van der Waals surface area contributed by atoms with Crippen molar-refractivity contribution in [2.75, 3.05) is 6.61 Å². The van der Waals surface area contributed by atoms with Crippen molar-refractivity contribution in [2.45, 2.75) is 62.8 Å². The maximum Gasteiger partial charge on any atom is 0.333 e. The molecule has 0 bridgehead atoms. The molecule has 43 heavy (non-hydrogen) atoms. The van der Waals surface area contributed by atoms with E-state index < -0.39 is 71.2 Å². The smallest absolute Gasteiger partial charge is 0.333 e. The molecule has 2 aromatic carbocycles. The van der Waals surface area contributed by atoms with Crippen LogP contribution in [0.3, 0.4) is 0 Å². The van der Waals surface area contributed by atoms with Gasteiger partial charge in [-0.15, -0.1) is 6.58 Å². The van der Waals surface area contributed by atoms with Crippen LogP contribution in [0.25, 0.3) is 22.3 Å². The van der Waals surface area contributed by atoms with Gasteiger partial charge >= 0.3 is 5.97 Å². The quantitative estimate of drug-likeness (QED) is 0.108. The highest BCUT2D eigenvalue weighted by Gasteiger charge is 2.46. The van der Waals surface area contributed by atoms with Crippen LogP contribution in [0.1, 0.15) is 38.4 Å². The van der Waals surface area contributed by atoms with Crippen LogP contribution in [-0.4, -0.2) is 78.3 Å². The van der Waals surface area contributed by atoms with Crippen molar-refractivity contribution in [1.82, 2.24) is 0 Å².